The van der Waals surface area contributed by atoms with Crippen molar-refractivity contribution in [2.75, 3.05) is 0 Å². The van der Waals surface area contributed by atoms with Gasteiger partial charge in [0.15, 0.2) is 0 Å². The van der Waals surface area contributed by atoms with Crippen LogP contribution in [0.25, 0.3) is 5.57 Å². The Bertz CT molecular complexity index is 377. The standard InChI is InChI=1S/C10H8.ClH.Ru/c1-8-6-7-9-4-2-3-5-10(8)9;;/h2-6H,1H3;1H;/q;;+1/p-1. The van der Waals surface area contributed by atoms with E-state index in [1.165, 1.54) is 20.8 Å². The molecule has 0 spiro atoms. The minimum atomic E-state index is -0.135. The fourth-order valence-electron chi connectivity index (χ4n) is 1.43. The van der Waals surface area contributed by atoms with Crippen LogP contribution < -0.4 is 0 Å². The zero-order valence-corrected chi connectivity index (χ0v) is 9.11. The second kappa shape index (κ2) is 3.24. The molecule has 0 saturated heterocycles. The Balaban J connectivity index is 2.67. The van der Waals surface area contributed by atoms with Gasteiger partial charge in [0.1, 0.15) is 0 Å². The van der Waals surface area contributed by atoms with Gasteiger partial charge >= 0.3 is 83.4 Å². The van der Waals surface area contributed by atoms with E-state index in [-0.39, 0.29) is 15.7 Å². The molecule has 2 rings (SSSR count). The summed E-state index contributed by atoms with van der Waals surface area (Å²) in [6.07, 6.45) is 2.20. The van der Waals surface area contributed by atoms with Gasteiger partial charge in [-0.2, -0.15) is 0 Å². The second-order valence-electron chi connectivity index (χ2n) is 2.77. The molecular formula is C10H8ClRu. The summed E-state index contributed by atoms with van der Waals surface area (Å²) in [4.78, 5) is 0. The molecule has 0 unspecified atom stereocenters. The van der Waals surface area contributed by atoms with Crippen molar-refractivity contribution in [3.63, 3.8) is 0 Å². The number of benzene rings is 1. The molecule has 1 aliphatic rings. The first kappa shape index (κ1) is 8.35. The normalized spacial score (nSPS) is 18.5. The van der Waals surface area contributed by atoms with Crippen LogP contribution in [0.15, 0.2) is 30.3 Å². The van der Waals surface area contributed by atoms with Crippen molar-refractivity contribution >= 4 is 19.4 Å². The van der Waals surface area contributed by atoms with Crippen molar-refractivity contribution in [1.82, 2.24) is 0 Å². The predicted molar refractivity (Wildman–Crippen MR) is 50.1 cm³/mol. The van der Waals surface area contributed by atoms with Gasteiger partial charge in [0.2, 0.25) is 0 Å². The molecule has 0 aromatic heterocycles. The van der Waals surface area contributed by atoms with E-state index in [0.29, 0.717) is 0 Å². The van der Waals surface area contributed by atoms with Crippen molar-refractivity contribution in [3.05, 3.63) is 41.5 Å². The Morgan fingerprint density at radius 3 is 2.50 bits per heavy atom. The molecule has 0 amide bonds. The molecule has 0 nitrogen and oxygen atoms in total. The number of allylic oxidation sites excluding steroid dienone is 2. The average Bonchev–Trinajstić information content (AvgIpc) is 2.44. The monoisotopic (exact) mass is 265 g/mol. The molecule has 1 aliphatic carbocycles. The summed E-state index contributed by atoms with van der Waals surface area (Å²) in [6.45, 7) is 2.14. The van der Waals surface area contributed by atoms with Crippen molar-refractivity contribution in [3.8, 4) is 0 Å². The quantitative estimate of drug-likeness (QED) is 0.632. The zero-order valence-electron chi connectivity index (χ0n) is 6.62. The van der Waals surface area contributed by atoms with E-state index >= 15 is 0 Å². The van der Waals surface area contributed by atoms with E-state index in [2.05, 4.69) is 37.3 Å². The Hall–Kier alpha value is -0.257. The molecule has 0 aliphatic heterocycles. The van der Waals surface area contributed by atoms with E-state index in [0.717, 1.165) is 0 Å². The third kappa shape index (κ3) is 1.22. The first-order valence-electron chi connectivity index (χ1n) is 3.72. The summed E-state index contributed by atoms with van der Waals surface area (Å²) < 4.78 is 1.33. The molecule has 0 saturated carbocycles. The number of hydrogen-bond acceptors (Lipinski definition) is 0. The first-order valence-corrected chi connectivity index (χ1v) is 6.82. The van der Waals surface area contributed by atoms with Crippen molar-refractivity contribution in [1.29, 1.82) is 0 Å². The number of rotatable bonds is 0. The van der Waals surface area contributed by atoms with Crippen LogP contribution in [0.4, 0.5) is 0 Å². The van der Waals surface area contributed by atoms with Crippen LogP contribution >= 0.6 is 9.69 Å². The van der Waals surface area contributed by atoms with Gasteiger partial charge in [0.25, 0.3) is 0 Å². The third-order valence-electron chi connectivity index (χ3n) is 2.01. The maximum atomic E-state index is 5.91. The minimum absolute atomic E-state index is 0.135. The van der Waals surface area contributed by atoms with E-state index in [1.54, 1.807) is 0 Å². The molecule has 12 heavy (non-hydrogen) atoms. The summed E-state index contributed by atoms with van der Waals surface area (Å²) in [7, 11) is 5.91. The fraction of sp³-hybridized carbons (Fsp3) is 0.100. The molecule has 63 valence electrons. The van der Waals surface area contributed by atoms with Crippen LogP contribution in [0.5, 0.6) is 0 Å². The van der Waals surface area contributed by atoms with Gasteiger partial charge in [-0.25, -0.2) is 0 Å². The summed E-state index contributed by atoms with van der Waals surface area (Å²) in [5.41, 5.74) is 4.03. The van der Waals surface area contributed by atoms with Gasteiger partial charge in [-0.3, -0.25) is 0 Å². The fourth-order valence-corrected chi connectivity index (χ4v) is 3.11. The average molecular weight is 265 g/mol. The van der Waals surface area contributed by atoms with Gasteiger partial charge in [-0.05, 0) is 0 Å². The summed E-state index contributed by atoms with van der Waals surface area (Å²) >= 11 is -0.135. The van der Waals surface area contributed by atoms with E-state index in [4.69, 9.17) is 9.69 Å². The van der Waals surface area contributed by atoms with Crippen LogP contribution in [0, 0.1) is 0 Å². The van der Waals surface area contributed by atoms with Crippen LogP contribution in [-0.2, 0) is 15.7 Å². The van der Waals surface area contributed by atoms with Crippen molar-refractivity contribution < 1.29 is 15.7 Å². The van der Waals surface area contributed by atoms with Gasteiger partial charge in [0.05, 0.1) is 0 Å². The predicted octanol–water partition coefficient (Wildman–Crippen LogP) is 2.86. The molecular weight excluding hydrogens is 257 g/mol. The molecule has 1 aromatic carbocycles. The molecule has 0 bridgehead atoms. The Morgan fingerprint density at radius 1 is 1.17 bits per heavy atom. The first-order chi connectivity index (χ1) is 5.83. The molecule has 0 heterocycles. The van der Waals surface area contributed by atoms with Gasteiger partial charge < -0.3 is 0 Å². The van der Waals surface area contributed by atoms with Crippen molar-refractivity contribution in [2.24, 2.45) is 0 Å². The topological polar surface area (TPSA) is 0 Å². The Morgan fingerprint density at radius 2 is 1.83 bits per heavy atom. The number of halogens is 1. The van der Waals surface area contributed by atoms with Crippen LogP contribution in [0.1, 0.15) is 18.1 Å². The second-order valence-corrected chi connectivity index (χ2v) is 4.83. The van der Waals surface area contributed by atoms with Gasteiger partial charge in [0, 0.05) is 0 Å². The van der Waals surface area contributed by atoms with Gasteiger partial charge in [-0.15, -0.1) is 0 Å². The van der Waals surface area contributed by atoms with Crippen LogP contribution in [0.3, 0.4) is 0 Å². The van der Waals surface area contributed by atoms with Crippen LogP contribution in [0.2, 0.25) is 0 Å². The number of hydrogen-bond donors (Lipinski definition) is 0. The van der Waals surface area contributed by atoms with Crippen LogP contribution in [-0.4, -0.2) is 4.11 Å². The van der Waals surface area contributed by atoms with E-state index < -0.39 is 0 Å². The summed E-state index contributed by atoms with van der Waals surface area (Å²) in [5, 5.41) is 0. The molecule has 0 fully saturated rings. The SMILES string of the molecule is CC1=C[C](=[Ru][Cl])c2ccccc21. The summed E-state index contributed by atoms with van der Waals surface area (Å²) in [6, 6.07) is 8.44. The van der Waals surface area contributed by atoms with Crippen molar-refractivity contribution in [2.45, 2.75) is 6.92 Å². The maximum absolute atomic E-state index is 5.91. The molecule has 0 atom stereocenters. The van der Waals surface area contributed by atoms with E-state index in [9.17, 15) is 0 Å². The third-order valence-corrected chi connectivity index (χ3v) is 3.94. The Kier molecular flexibility index (Phi) is 2.25. The van der Waals surface area contributed by atoms with Gasteiger partial charge in [-0.1, -0.05) is 0 Å². The Labute approximate surface area is 83.4 Å². The molecule has 1 aromatic rings. The zero-order chi connectivity index (χ0) is 8.55. The summed E-state index contributed by atoms with van der Waals surface area (Å²) in [5.74, 6) is 0. The molecule has 0 radical (unpaired) electrons. The number of fused-ring (bicyclic) bond motifs is 1. The molecule has 2 heteroatoms. The van der Waals surface area contributed by atoms with E-state index in [1.807, 2.05) is 0 Å². The molecule has 0 N–H and O–H groups in total.